The number of benzene rings is 1. The molecule has 3 rings (SSSR count). The quantitative estimate of drug-likeness (QED) is 0.801. The Hall–Kier alpha value is -2.07. The zero-order chi connectivity index (χ0) is 17.6. The first kappa shape index (κ1) is 17.7. The molecule has 2 heterocycles. The van der Waals surface area contributed by atoms with Crippen LogP contribution in [0.3, 0.4) is 0 Å². The number of rotatable bonds is 6. The molecule has 4 nitrogen and oxygen atoms in total. The van der Waals surface area contributed by atoms with E-state index in [1.807, 2.05) is 42.2 Å². The zero-order valence-electron chi connectivity index (χ0n) is 15.3. The molecule has 1 fully saturated rings. The summed E-state index contributed by atoms with van der Waals surface area (Å²) in [6.45, 7) is 8.27. The van der Waals surface area contributed by atoms with Crippen LogP contribution < -0.4 is 0 Å². The Bertz CT molecular complexity index is 672. The minimum Gasteiger partial charge on any atom is -0.465 e. The average Bonchev–Trinajstić information content (AvgIpc) is 3.05. The van der Waals surface area contributed by atoms with Crippen LogP contribution in [0.2, 0.25) is 0 Å². The van der Waals surface area contributed by atoms with Gasteiger partial charge in [-0.15, -0.1) is 0 Å². The molecule has 1 aromatic carbocycles. The summed E-state index contributed by atoms with van der Waals surface area (Å²) in [5.41, 5.74) is 1.20. The van der Waals surface area contributed by atoms with Gasteiger partial charge in [0.2, 0.25) is 5.91 Å². The molecule has 2 aromatic rings. The fourth-order valence-corrected chi connectivity index (χ4v) is 3.54. The smallest absolute Gasteiger partial charge is 0.226 e. The second-order valence-electron chi connectivity index (χ2n) is 6.90. The molecular formula is C21H28N2O2. The van der Waals surface area contributed by atoms with Crippen molar-refractivity contribution in [2.75, 3.05) is 19.6 Å². The monoisotopic (exact) mass is 340 g/mol. The second-order valence-corrected chi connectivity index (χ2v) is 6.90. The topological polar surface area (TPSA) is 36.7 Å². The largest absolute Gasteiger partial charge is 0.465 e. The molecule has 0 radical (unpaired) electrons. The number of amides is 1. The maximum absolute atomic E-state index is 12.9. The first-order chi connectivity index (χ1) is 12.2. The summed E-state index contributed by atoms with van der Waals surface area (Å²) >= 11 is 0. The van der Waals surface area contributed by atoms with Gasteiger partial charge in [0.1, 0.15) is 11.5 Å². The number of hydrogen-bond donors (Lipinski definition) is 0. The molecular weight excluding hydrogens is 312 g/mol. The van der Waals surface area contributed by atoms with Crippen LogP contribution in [-0.2, 0) is 17.9 Å². The molecule has 0 N–H and O–H groups in total. The van der Waals surface area contributed by atoms with Gasteiger partial charge in [0, 0.05) is 19.0 Å². The first-order valence-corrected chi connectivity index (χ1v) is 9.26. The maximum atomic E-state index is 12.9. The van der Waals surface area contributed by atoms with Crippen molar-refractivity contribution in [2.24, 2.45) is 5.92 Å². The molecule has 1 aliphatic rings. The summed E-state index contributed by atoms with van der Waals surface area (Å²) in [5, 5.41) is 0. The minimum atomic E-state index is 0.151. The van der Waals surface area contributed by atoms with Gasteiger partial charge in [-0.3, -0.25) is 9.69 Å². The number of furan rings is 1. The van der Waals surface area contributed by atoms with Crippen LogP contribution >= 0.6 is 0 Å². The van der Waals surface area contributed by atoms with Gasteiger partial charge in [-0.1, -0.05) is 30.3 Å². The van der Waals surface area contributed by atoms with E-state index in [1.165, 1.54) is 5.56 Å². The van der Waals surface area contributed by atoms with Gasteiger partial charge in [0.05, 0.1) is 6.54 Å². The summed E-state index contributed by atoms with van der Waals surface area (Å²) in [4.78, 5) is 17.3. The standard InChI is InChI=1S/C21H28N2O2/c1-3-23(15-18-7-5-4-6-8-18)21(24)19-11-13-22(14-12-19)16-20-10-9-17(2)25-20/h4-10,19H,3,11-16H2,1-2H3. The predicted molar refractivity (Wildman–Crippen MR) is 99.0 cm³/mol. The molecule has 0 bridgehead atoms. The molecule has 0 saturated carbocycles. The third-order valence-corrected chi connectivity index (χ3v) is 5.02. The highest BCUT2D eigenvalue weighted by Crippen LogP contribution is 2.22. The summed E-state index contributed by atoms with van der Waals surface area (Å²) < 4.78 is 5.67. The highest BCUT2D eigenvalue weighted by atomic mass is 16.3. The van der Waals surface area contributed by atoms with Gasteiger partial charge in [-0.25, -0.2) is 0 Å². The number of nitrogens with zero attached hydrogens (tertiary/aromatic N) is 2. The third-order valence-electron chi connectivity index (χ3n) is 5.02. The van der Waals surface area contributed by atoms with E-state index in [-0.39, 0.29) is 5.92 Å². The Balaban J connectivity index is 1.51. The molecule has 1 amide bonds. The lowest BCUT2D eigenvalue weighted by Crippen LogP contribution is -2.42. The van der Waals surface area contributed by atoms with Gasteiger partial charge >= 0.3 is 0 Å². The normalized spacial score (nSPS) is 16.1. The zero-order valence-corrected chi connectivity index (χ0v) is 15.3. The first-order valence-electron chi connectivity index (χ1n) is 9.26. The molecule has 0 atom stereocenters. The van der Waals surface area contributed by atoms with Crippen molar-refractivity contribution in [2.45, 2.75) is 39.8 Å². The third kappa shape index (κ3) is 4.73. The van der Waals surface area contributed by atoms with E-state index in [0.717, 1.165) is 50.5 Å². The van der Waals surface area contributed by atoms with E-state index in [4.69, 9.17) is 4.42 Å². The highest BCUT2D eigenvalue weighted by molar-refractivity contribution is 5.79. The Kier molecular flexibility index (Phi) is 5.92. The molecule has 0 unspecified atom stereocenters. The number of likely N-dealkylation sites (tertiary alicyclic amines) is 1. The summed E-state index contributed by atoms with van der Waals surface area (Å²) in [7, 11) is 0. The molecule has 0 aliphatic carbocycles. The van der Waals surface area contributed by atoms with Crippen LogP contribution in [0.4, 0.5) is 0 Å². The van der Waals surface area contributed by atoms with Crippen molar-refractivity contribution in [1.29, 1.82) is 0 Å². The Labute approximate surface area is 150 Å². The SMILES string of the molecule is CCN(Cc1ccccc1)C(=O)C1CCN(Cc2ccc(C)o2)CC1. The van der Waals surface area contributed by atoms with Crippen molar-refractivity contribution >= 4 is 5.91 Å². The Morgan fingerprint density at radius 3 is 2.48 bits per heavy atom. The fourth-order valence-electron chi connectivity index (χ4n) is 3.54. The number of hydrogen-bond acceptors (Lipinski definition) is 3. The van der Waals surface area contributed by atoms with Gasteiger partial charge in [0.25, 0.3) is 0 Å². The minimum absolute atomic E-state index is 0.151. The van der Waals surface area contributed by atoms with Gasteiger partial charge in [-0.05, 0) is 57.5 Å². The summed E-state index contributed by atoms with van der Waals surface area (Å²) in [6, 6.07) is 14.3. The van der Waals surface area contributed by atoms with E-state index < -0.39 is 0 Å². The van der Waals surface area contributed by atoms with Crippen LogP contribution in [0.5, 0.6) is 0 Å². The Morgan fingerprint density at radius 2 is 1.88 bits per heavy atom. The number of piperidine rings is 1. The maximum Gasteiger partial charge on any atom is 0.226 e. The highest BCUT2D eigenvalue weighted by Gasteiger charge is 2.28. The molecule has 1 saturated heterocycles. The molecule has 1 aromatic heterocycles. The van der Waals surface area contributed by atoms with Crippen molar-refractivity contribution in [1.82, 2.24) is 9.80 Å². The summed E-state index contributed by atoms with van der Waals surface area (Å²) in [6.07, 6.45) is 1.87. The fraction of sp³-hybridized carbons (Fsp3) is 0.476. The van der Waals surface area contributed by atoms with Crippen molar-refractivity contribution < 1.29 is 9.21 Å². The van der Waals surface area contributed by atoms with Gasteiger partial charge in [-0.2, -0.15) is 0 Å². The molecule has 4 heteroatoms. The predicted octanol–water partition coefficient (Wildman–Crippen LogP) is 3.85. The van der Waals surface area contributed by atoms with Crippen LogP contribution in [-0.4, -0.2) is 35.3 Å². The van der Waals surface area contributed by atoms with Crippen LogP contribution in [0.25, 0.3) is 0 Å². The lowest BCUT2D eigenvalue weighted by Gasteiger charge is -2.33. The van der Waals surface area contributed by atoms with Crippen LogP contribution in [0.15, 0.2) is 46.9 Å². The van der Waals surface area contributed by atoms with Crippen molar-refractivity contribution in [3.8, 4) is 0 Å². The molecule has 25 heavy (non-hydrogen) atoms. The molecule has 1 aliphatic heterocycles. The van der Waals surface area contributed by atoms with E-state index in [2.05, 4.69) is 24.0 Å². The van der Waals surface area contributed by atoms with E-state index in [0.29, 0.717) is 12.5 Å². The van der Waals surface area contributed by atoms with Crippen LogP contribution in [0, 0.1) is 12.8 Å². The molecule has 0 spiro atoms. The van der Waals surface area contributed by atoms with Gasteiger partial charge in [0.15, 0.2) is 0 Å². The van der Waals surface area contributed by atoms with Crippen molar-refractivity contribution in [3.05, 3.63) is 59.5 Å². The number of carbonyl (C=O) groups excluding carboxylic acids is 1. The second kappa shape index (κ2) is 8.34. The molecule has 134 valence electrons. The van der Waals surface area contributed by atoms with Crippen molar-refractivity contribution in [3.63, 3.8) is 0 Å². The summed E-state index contributed by atoms with van der Waals surface area (Å²) in [5.74, 6) is 2.43. The lowest BCUT2D eigenvalue weighted by molar-refractivity contribution is -0.137. The van der Waals surface area contributed by atoms with E-state index >= 15 is 0 Å². The lowest BCUT2D eigenvalue weighted by atomic mass is 9.95. The Morgan fingerprint density at radius 1 is 1.16 bits per heavy atom. The van der Waals surface area contributed by atoms with E-state index in [1.54, 1.807) is 0 Å². The van der Waals surface area contributed by atoms with E-state index in [9.17, 15) is 4.79 Å². The number of aryl methyl sites for hydroxylation is 1. The number of carbonyl (C=O) groups is 1. The average molecular weight is 340 g/mol. The van der Waals surface area contributed by atoms with Crippen LogP contribution in [0.1, 0.15) is 36.8 Å². The van der Waals surface area contributed by atoms with Gasteiger partial charge < -0.3 is 9.32 Å².